The van der Waals surface area contributed by atoms with Gasteiger partial charge in [0.15, 0.2) is 0 Å². The van der Waals surface area contributed by atoms with Gasteiger partial charge in [-0.15, -0.1) is 0 Å². The lowest BCUT2D eigenvalue weighted by Crippen LogP contribution is -3.23. The normalized spacial score (nSPS) is 13.4. The summed E-state index contributed by atoms with van der Waals surface area (Å²) in [5.41, 5.74) is 3.13. The zero-order valence-corrected chi connectivity index (χ0v) is 33.3. The molecule has 0 heterocycles. The number of hydrogen-bond acceptors (Lipinski definition) is 0. The number of halogens is 1. The van der Waals surface area contributed by atoms with Crippen LogP contribution in [0.4, 0.5) is 0 Å². The minimum atomic E-state index is 0. The van der Waals surface area contributed by atoms with Crippen LogP contribution in [0.1, 0.15) is 206 Å². The summed E-state index contributed by atoms with van der Waals surface area (Å²) in [6.07, 6.45) is 35.1. The molecular formula is C45H80ClNO. The lowest BCUT2D eigenvalue weighted by Gasteiger charge is -2.48. The number of nitrogens with one attached hydrogen (secondary N) is 1. The molecule has 2 unspecified atom stereocenters. The van der Waals surface area contributed by atoms with Crippen LogP contribution >= 0.6 is 0 Å². The van der Waals surface area contributed by atoms with Crippen molar-refractivity contribution in [3.63, 3.8) is 0 Å². The van der Waals surface area contributed by atoms with Crippen LogP contribution in [0.25, 0.3) is 0 Å². The van der Waals surface area contributed by atoms with Gasteiger partial charge in [-0.3, -0.25) is 0 Å². The van der Waals surface area contributed by atoms with Crippen molar-refractivity contribution in [3.05, 3.63) is 71.8 Å². The highest BCUT2D eigenvalue weighted by atomic mass is 35.5. The fourth-order valence-electron chi connectivity index (χ4n) is 8.04. The van der Waals surface area contributed by atoms with E-state index < -0.39 is 0 Å². The summed E-state index contributed by atoms with van der Waals surface area (Å²) < 4.78 is 0. The second-order valence-electron chi connectivity index (χ2n) is 15.4. The lowest BCUT2D eigenvalue weighted by molar-refractivity contribution is -1.01. The van der Waals surface area contributed by atoms with Crippen LogP contribution in [0.3, 0.4) is 0 Å². The van der Waals surface area contributed by atoms with Gasteiger partial charge in [0.2, 0.25) is 0 Å². The summed E-state index contributed by atoms with van der Waals surface area (Å²) in [5, 5.41) is 0. The molecule has 0 amide bonds. The molecule has 2 nitrogen and oxygen atoms in total. The van der Waals surface area contributed by atoms with Crippen molar-refractivity contribution in [2.24, 2.45) is 0 Å². The Balaban J connectivity index is 0.0000110. The molecule has 2 aromatic rings. The molecule has 2 rings (SSSR count). The minimum Gasteiger partial charge on any atom is -1.00 e. The second kappa shape index (κ2) is 29.4. The molecule has 2 atom stereocenters. The molecule has 3 heteroatoms. The average molecular weight is 687 g/mol. The number of unbranched alkanes of at least 4 members (excludes halogenated alkanes) is 22. The van der Waals surface area contributed by atoms with Crippen LogP contribution in [-0.2, 0) is 11.1 Å². The Labute approximate surface area is 306 Å². The Morgan fingerprint density at radius 2 is 0.729 bits per heavy atom. The van der Waals surface area contributed by atoms with Gasteiger partial charge in [0, 0.05) is 17.5 Å². The van der Waals surface area contributed by atoms with Crippen molar-refractivity contribution in [2.45, 2.75) is 206 Å². The first-order chi connectivity index (χ1) is 22.5. The molecule has 0 radical (unpaired) electrons. The molecule has 0 spiro atoms. The van der Waals surface area contributed by atoms with Gasteiger partial charge < -0.3 is 22.8 Å². The van der Waals surface area contributed by atoms with Gasteiger partial charge in [-0.05, 0) is 40.0 Å². The van der Waals surface area contributed by atoms with Crippen molar-refractivity contribution in [2.75, 3.05) is 6.54 Å². The van der Waals surface area contributed by atoms with Crippen molar-refractivity contribution >= 4 is 0 Å². The first-order valence-electron chi connectivity index (χ1n) is 20.4. The van der Waals surface area contributed by atoms with E-state index in [1.165, 1.54) is 178 Å². The molecule has 0 aromatic heterocycles. The zero-order valence-electron chi connectivity index (χ0n) is 32.5. The van der Waals surface area contributed by atoms with Crippen LogP contribution in [0.5, 0.6) is 0 Å². The molecule has 0 aliphatic carbocycles. The van der Waals surface area contributed by atoms with Gasteiger partial charge in [0.05, 0.1) is 6.54 Å². The van der Waals surface area contributed by atoms with Crippen LogP contribution in [-0.4, -0.2) is 12.0 Å². The number of rotatable bonds is 30. The largest absolute Gasteiger partial charge is 1.00 e. The molecule has 0 aliphatic heterocycles. The molecule has 3 N–H and O–H groups in total. The van der Waals surface area contributed by atoms with E-state index in [-0.39, 0.29) is 29.0 Å². The Kier molecular flexibility index (Phi) is 28.6. The SMILES string of the molecule is CCCCCCCCCCCCCC[NH+](C(C)(C)c1ccccc1)C(C)(CCCCCCCCCCCCCC)c1ccccc1.O.[Cl-]. The predicted octanol–water partition coefficient (Wildman–Crippen LogP) is 9.69. The van der Waals surface area contributed by atoms with Gasteiger partial charge in [-0.25, -0.2) is 0 Å². The van der Waals surface area contributed by atoms with Crippen LogP contribution in [0.15, 0.2) is 60.7 Å². The predicted molar refractivity (Wildman–Crippen MR) is 209 cm³/mol. The van der Waals surface area contributed by atoms with E-state index in [9.17, 15) is 0 Å². The molecule has 0 bridgehead atoms. The highest BCUT2D eigenvalue weighted by Crippen LogP contribution is 2.29. The Morgan fingerprint density at radius 3 is 1.10 bits per heavy atom. The second-order valence-corrected chi connectivity index (χ2v) is 15.4. The standard InChI is InChI=1S/C45H77N.ClH.H2O/c1-6-8-10-12-14-16-18-20-22-24-26-34-40-45(5,43-38-32-29-33-39-43)46(44(3,4)42-36-30-28-31-37-42)41-35-27-25-23-21-19-17-15-13-11-9-7-2;;/h28-33,36-39H,6-27,34-35,40-41H2,1-5H3;1H;1H2. The van der Waals surface area contributed by atoms with Crippen molar-refractivity contribution < 1.29 is 22.8 Å². The molecule has 48 heavy (non-hydrogen) atoms. The van der Waals surface area contributed by atoms with E-state index in [1.54, 1.807) is 4.90 Å². The van der Waals surface area contributed by atoms with Crippen LogP contribution in [0, 0.1) is 0 Å². The maximum Gasteiger partial charge on any atom is 0.121 e. The Bertz CT molecular complexity index is 948. The number of hydrogen-bond donors (Lipinski definition) is 1. The molecular weight excluding hydrogens is 606 g/mol. The van der Waals surface area contributed by atoms with Gasteiger partial charge in [0.1, 0.15) is 11.1 Å². The number of benzene rings is 2. The summed E-state index contributed by atoms with van der Waals surface area (Å²) in [5.74, 6) is 0. The molecule has 0 fully saturated rings. The first kappa shape index (κ1) is 46.6. The third-order valence-electron chi connectivity index (χ3n) is 11.1. The van der Waals surface area contributed by atoms with Crippen molar-refractivity contribution in [1.82, 2.24) is 0 Å². The third-order valence-corrected chi connectivity index (χ3v) is 11.1. The molecule has 2 aromatic carbocycles. The van der Waals surface area contributed by atoms with Crippen LogP contribution in [0.2, 0.25) is 0 Å². The molecule has 0 aliphatic rings. The molecule has 0 saturated heterocycles. The minimum absolute atomic E-state index is 0. The highest BCUT2D eigenvalue weighted by Gasteiger charge is 2.46. The van der Waals surface area contributed by atoms with Gasteiger partial charge >= 0.3 is 0 Å². The quantitative estimate of drug-likeness (QED) is 0.0795. The summed E-state index contributed by atoms with van der Waals surface area (Å²) >= 11 is 0. The topological polar surface area (TPSA) is 35.9 Å². The summed E-state index contributed by atoms with van der Waals surface area (Å²) in [6.45, 7) is 13.5. The average Bonchev–Trinajstić information content (AvgIpc) is 3.08. The lowest BCUT2D eigenvalue weighted by atomic mass is 9.79. The van der Waals surface area contributed by atoms with Gasteiger partial charge in [-0.1, -0.05) is 209 Å². The zero-order chi connectivity index (χ0) is 33.2. The Hall–Kier alpha value is -1.35. The van der Waals surface area contributed by atoms with E-state index in [2.05, 4.69) is 95.3 Å². The highest BCUT2D eigenvalue weighted by molar-refractivity contribution is 5.24. The van der Waals surface area contributed by atoms with E-state index in [0.717, 1.165) is 0 Å². The molecule has 0 saturated carbocycles. The Morgan fingerprint density at radius 1 is 0.417 bits per heavy atom. The van der Waals surface area contributed by atoms with Crippen LogP contribution < -0.4 is 17.3 Å². The fourth-order valence-corrected chi connectivity index (χ4v) is 8.04. The van der Waals surface area contributed by atoms with Crippen molar-refractivity contribution in [1.29, 1.82) is 0 Å². The van der Waals surface area contributed by atoms with E-state index in [4.69, 9.17) is 0 Å². The smallest absolute Gasteiger partial charge is 0.121 e. The maximum absolute atomic E-state index is 2.60. The van der Waals surface area contributed by atoms with Gasteiger partial charge in [-0.2, -0.15) is 0 Å². The molecule has 278 valence electrons. The summed E-state index contributed by atoms with van der Waals surface area (Å²) in [6, 6.07) is 23.0. The van der Waals surface area contributed by atoms with E-state index in [0.29, 0.717) is 0 Å². The first-order valence-corrected chi connectivity index (χ1v) is 20.4. The maximum atomic E-state index is 2.60. The van der Waals surface area contributed by atoms with E-state index >= 15 is 0 Å². The van der Waals surface area contributed by atoms with Crippen molar-refractivity contribution in [3.8, 4) is 0 Å². The summed E-state index contributed by atoms with van der Waals surface area (Å²) in [7, 11) is 0. The number of quaternary nitrogens is 1. The monoisotopic (exact) mass is 686 g/mol. The third kappa shape index (κ3) is 18.6. The summed E-state index contributed by atoms with van der Waals surface area (Å²) in [4.78, 5) is 1.76. The fraction of sp³-hybridized carbons (Fsp3) is 0.733. The van der Waals surface area contributed by atoms with E-state index in [1.807, 2.05) is 0 Å². The van der Waals surface area contributed by atoms with Gasteiger partial charge in [0.25, 0.3) is 0 Å².